The highest BCUT2D eigenvalue weighted by molar-refractivity contribution is 5.81. The molecule has 0 aliphatic rings. The maximum Gasteiger partial charge on any atom is 0.331 e. The van der Waals surface area contributed by atoms with Gasteiger partial charge in [0.15, 0.2) is 11.2 Å². The molecule has 0 amide bonds. The molecule has 0 bridgehead atoms. The van der Waals surface area contributed by atoms with Gasteiger partial charge in [-0.25, -0.2) is 14.8 Å². The van der Waals surface area contributed by atoms with Gasteiger partial charge in [0.1, 0.15) is 5.75 Å². The third-order valence-corrected chi connectivity index (χ3v) is 5.32. The number of benzene rings is 1. The Bertz CT molecular complexity index is 825. The van der Waals surface area contributed by atoms with E-state index in [0.29, 0.717) is 18.0 Å². The molecule has 0 aliphatic carbocycles. The Kier molecular flexibility index (Phi) is 9.47. The van der Waals surface area contributed by atoms with Crippen molar-refractivity contribution in [3.63, 3.8) is 0 Å². The highest BCUT2D eigenvalue weighted by Gasteiger charge is 2.34. The molecule has 160 valence electrons. The number of ether oxygens (including phenoxy) is 1. The van der Waals surface area contributed by atoms with Crippen LogP contribution in [0.2, 0.25) is 0 Å². The Balaban J connectivity index is 1.94. The number of aryl methyl sites for hydroxylation is 1. The van der Waals surface area contributed by atoms with Crippen molar-refractivity contribution in [3.8, 4) is 23.2 Å². The summed E-state index contributed by atoms with van der Waals surface area (Å²) in [4.78, 5) is 21.4. The Hall–Kier alpha value is -2.74. The van der Waals surface area contributed by atoms with Crippen molar-refractivity contribution in [3.05, 3.63) is 42.2 Å². The zero-order valence-corrected chi connectivity index (χ0v) is 18.5. The van der Waals surface area contributed by atoms with E-state index in [2.05, 4.69) is 23.0 Å². The van der Waals surface area contributed by atoms with Gasteiger partial charge in [-0.15, -0.1) is 0 Å². The van der Waals surface area contributed by atoms with Gasteiger partial charge >= 0.3 is 5.97 Å². The summed E-state index contributed by atoms with van der Waals surface area (Å²) in [5.74, 6) is 0.559. The van der Waals surface area contributed by atoms with Crippen molar-refractivity contribution >= 4 is 5.97 Å². The number of aromatic nitrogens is 2. The quantitative estimate of drug-likeness (QED) is 0.235. The lowest BCUT2D eigenvalue weighted by molar-refractivity contribution is -0.142. The third-order valence-electron chi connectivity index (χ3n) is 5.32. The summed E-state index contributed by atoms with van der Waals surface area (Å²) in [7, 11) is 0. The first-order valence-electron chi connectivity index (χ1n) is 11.1. The highest BCUT2D eigenvalue weighted by atomic mass is 16.5. The summed E-state index contributed by atoms with van der Waals surface area (Å²) in [6.45, 7) is 5.89. The minimum atomic E-state index is -1.12. The fourth-order valence-corrected chi connectivity index (χ4v) is 3.19. The van der Waals surface area contributed by atoms with E-state index in [0.717, 1.165) is 30.4 Å². The van der Waals surface area contributed by atoms with Crippen molar-refractivity contribution in [2.45, 2.75) is 78.6 Å². The Morgan fingerprint density at radius 3 is 2.23 bits per heavy atom. The molecular weight excluding hydrogens is 374 g/mol. The second kappa shape index (κ2) is 12.1. The summed E-state index contributed by atoms with van der Waals surface area (Å²) in [5.41, 5.74) is 0.895. The van der Waals surface area contributed by atoms with Gasteiger partial charge in [0.05, 0.1) is 6.07 Å². The molecule has 0 N–H and O–H groups in total. The zero-order chi connectivity index (χ0) is 21.8. The smallest absolute Gasteiger partial charge is 0.331 e. The second-order valence-electron chi connectivity index (χ2n) is 8.04. The highest BCUT2D eigenvalue weighted by Crippen LogP contribution is 2.27. The van der Waals surface area contributed by atoms with Crippen molar-refractivity contribution in [1.29, 1.82) is 5.26 Å². The van der Waals surface area contributed by atoms with Crippen LogP contribution < -0.4 is 4.74 Å². The number of unbranched alkanes of at least 4 members (excludes halogenated alkanes) is 5. The van der Waals surface area contributed by atoms with Gasteiger partial charge in [0.2, 0.25) is 0 Å². The average Bonchev–Trinajstić information content (AvgIpc) is 2.78. The number of hydrogen-bond acceptors (Lipinski definition) is 5. The molecule has 1 unspecified atom stereocenters. The first-order chi connectivity index (χ1) is 14.5. The normalized spacial score (nSPS) is 12.7. The number of nitriles is 1. The molecule has 0 saturated carbocycles. The standard InChI is InChI=1S/C25H33N3O2/c1-4-6-8-9-10-11-20-17-27-23(28-18-20)21-12-14-22(15-13-21)30-24(29)25(3,19-26)16-7-5-2/h12-15,17-18H,4-11,16H2,1-3H3. The van der Waals surface area contributed by atoms with E-state index >= 15 is 0 Å². The van der Waals surface area contributed by atoms with Crippen LogP contribution in [0.15, 0.2) is 36.7 Å². The number of carbonyl (C=O) groups is 1. The second-order valence-corrected chi connectivity index (χ2v) is 8.04. The molecule has 1 atom stereocenters. The van der Waals surface area contributed by atoms with E-state index in [1.807, 2.05) is 31.5 Å². The van der Waals surface area contributed by atoms with Crippen LogP contribution in [-0.4, -0.2) is 15.9 Å². The summed E-state index contributed by atoms with van der Waals surface area (Å²) < 4.78 is 5.45. The number of hydrogen-bond donors (Lipinski definition) is 0. The van der Waals surface area contributed by atoms with Gasteiger partial charge in [-0.2, -0.15) is 5.26 Å². The van der Waals surface area contributed by atoms with Gasteiger partial charge in [-0.05, 0) is 56.0 Å². The third kappa shape index (κ3) is 6.95. The van der Waals surface area contributed by atoms with Crippen molar-refractivity contribution in [2.24, 2.45) is 5.41 Å². The lowest BCUT2D eigenvalue weighted by atomic mass is 9.87. The molecule has 1 aromatic carbocycles. The van der Waals surface area contributed by atoms with Crippen molar-refractivity contribution < 1.29 is 9.53 Å². The van der Waals surface area contributed by atoms with E-state index < -0.39 is 11.4 Å². The number of rotatable bonds is 12. The average molecular weight is 408 g/mol. The van der Waals surface area contributed by atoms with Crippen LogP contribution in [0.5, 0.6) is 5.75 Å². The molecule has 2 aromatic rings. The predicted octanol–water partition coefficient (Wildman–Crippen LogP) is 6.28. The van der Waals surface area contributed by atoms with Crippen molar-refractivity contribution in [2.75, 3.05) is 0 Å². The SMILES string of the molecule is CCCCCCCc1cnc(-c2ccc(OC(=O)C(C)(C#N)CCCC)cc2)nc1. The molecule has 0 radical (unpaired) electrons. The minimum absolute atomic E-state index is 0.422. The lowest BCUT2D eigenvalue weighted by Crippen LogP contribution is -2.30. The molecule has 1 aromatic heterocycles. The van der Waals surface area contributed by atoms with Crippen LogP contribution in [0.25, 0.3) is 11.4 Å². The first kappa shape index (κ1) is 23.5. The van der Waals surface area contributed by atoms with Crippen LogP contribution in [0.4, 0.5) is 0 Å². The Labute approximate surface area is 180 Å². The molecule has 0 saturated heterocycles. The topological polar surface area (TPSA) is 75.9 Å². The largest absolute Gasteiger partial charge is 0.425 e. The molecule has 1 heterocycles. The summed E-state index contributed by atoms with van der Waals surface area (Å²) in [5, 5.41) is 9.40. The number of carbonyl (C=O) groups excluding carboxylic acids is 1. The van der Waals surface area contributed by atoms with Gasteiger partial charge in [-0.1, -0.05) is 52.4 Å². The fourth-order valence-electron chi connectivity index (χ4n) is 3.19. The monoisotopic (exact) mass is 407 g/mol. The van der Waals surface area contributed by atoms with E-state index in [9.17, 15) is 10.1 Å². The molecule has 30 heavy (non-hydrogen) atoms. The Morgan fingerprint density at radius 1 is 1.00 bits per heavy atom. The Morgan fingerprint density at radius 2 is 1.63 bits per heavy atom. The van der Waals surface area contributed by atoms with Crippen LogP contribution in [0, 0.1) is 16.7 Å². The predicted molar refractivity (Wildman–Crippen MR) is 119 cm³/mol. The maximum absolute atomic E-state index is 12.4. The first-order valence-corrected chi connectivity index (χ1v) is 11.1. The number of nitrogens with zero attached hydrogens (tertiary/aromatic N) is 3. The molecule has 0 aliphatic heterocycles. The van der Waals surface area contributed by atoms with Gasteiger partial charge in [0, 0.05) is 18.0 Å². The maximum atomic E-state index is 12.4. The van der Waals surface area contributed by atoms with Gasteiger partial charge < -0.3 is 4.74 Å². The van der Waals surface area contributed by atoms with Crippen molar-refractivity contribution in [1.82, 2.24) is 9.97 Å². The summed E-state index contributed by atoms with van der Waals surface area (Å²) in [6.07, 6.45) is 13.3. The molecule has 0 spiro atoms. The van der Waals surface area contributed by atoms with Crippen LogP contribution in [-0.2, 0) is 11.2 Å². The van der Waals surface area contributed by atoms with Crippen LogP contribution in [0.3, 0.4) is 0 Å². The summed E-state index contributed by atoms with van der Waals surface area (Å²) in [6, 6.07) is 9.20. The van der Waals surface area contributed by atoms with Gasteiger partial charge in [0.25, 0.3) is 0 Å². The number of esters is 1. The molecule has 5 nitrogen and oxygen atoms in total. The zero-order valence-electron chi connectivity index (χ0n) is 18.5. The van der Waals surface area contributed by atoms with Gasteiger partial charge in [-0.3, -0.25) is 0 Å². The fraction of sp³-hybridized carbons (Fsp3) is 0.520. The van der Waals surface area contributed by atoms with E-state index in [-0.39, 0.29) is 0 Å². The summed E-state index contributed by atoms with van der Waals surface area (Å²) >= 11 is 0. The van der Waals surface area contributed by atoms with E-state index in [1.165, 1.54) is 32.1 Å². The minimum Gasteiger partial charge on any atom is -0.425 e. The molecule has 0 fully saturated rings. The molecule has 2 rings (SSSR count). The van der Waals surface area contributed by atoms with E-state index in [4.69, 9.17) is 4.74 Å². The lowest BCUT2D eigenvalue weighted by Gasteiger charge is -2.19. The van der Waals surface area contributed by atoms with E-state index in [1.54, 1.807) is 19.1 Å². The van der Waals surface area contributed by atoms with Crippen LogP contribution in [0.1, 0.15) is 77.7 Å². The molecular formula is C25H33N3O2. The molecule has 5 heteroatoms. The van der Waals surface area contributed by atoms with Crippen LogP contribution >= 0.6 is 0 Å².